The molecule has 1 aliphatic rings. The number of carbonyl (C=O) groups is 2. The fraction of sp³-hybridized carbons (Fsp3) is 0.533. The zero-order chi connectivity index (χ0) is 15.4. The van der Waals surface area contributed by atoms with Crippen molar-refractivity contribution in [1.82, 2.24) is 10.3 Å². The Balaban J connectivity index is 1.90. The quantitative estimate of drug-likeness (QED) is 0.798. The molecule has 1 aromatic heterocycles. The summed E-state index contributed by atoms with van der Waals surface area (Å²) < 4.78 is 0. The number of hydrogen-bond donors (Lipinski definition) is 3. The Morgan fingerprint density at radius 1 is 1.29 bits per heavy atom. The number of pyridine rings is 1. The van der Waals surface area contributed by atoms with Crippen LogP contribution in [0.5, 0.6) is 0 Å². The van der Waals surface area contributed by atoms with Crippen molar-refractivity contribution in [3.05, 3.63) is 24.0 Å². The third kappa shape index (κ3) is 3.93. The number of rotatable bonds is 3. The molecule has 3 unspecified atom stereocenters. The molecule has 0 spiro atoms. The van der Waals surface area contributed by atoms with Gasteiger partial charge in [-0.1, -0.05) is 26.7 Å². The van der Waals surface area contributed by atoms with Gasteiger partial charge in [0.05, 0.1) is 11.9 Å². The van der Waals surface area contributed by atoms with Gasteiger partial charge in [-0.3, -0.25) is 0 Å². The molecule has 1 aromatic rings. The molecule has 2 amide bonds. The predicted molar refractivity (Wildman–Crippen MR) is 79.3 cm³/mol. The van der Waals surface area contributed by atoms with Crippen LogP contribution in [0.4, 0.5) is 10.5 Å². The maximum absolute atomic E-state index is 12.0. The lowest BCUT2D eigenvalue weighted by atomic mass is 9.78. The van der Waals surface area contributed by atoms with E-state index in [1.165, 1.54) is 24.8 Å². The van der Waals surface area contributed by atoms with E-state index in [0.29, 0.717) is 17.5 Å². The van der Waals surface area contributed by atoms with Gasteiger partial charge in [0.15, 0.2) is 0 Å². The summed E-state index contributed by atoms with van der Waals surface area (Å²) in [6.45, 7) is 4.38. The Kier molecular flexibility index (Phi) is 4.77. The van der Waals surface area contributed by atoms with Gasteiger partial charge in [0.2, 0.25) is 0 Å². The van der Waals surface area contributed by atoms with Crippen molar-refractivity contribution in [2.75, 3.05) is 5.32 Å². The van der Waals surface area contributed by atoms with E-state index >= 15 is 0 Å². The van der Waals surface area contributed by atoms with Crippen LogP contribution in [0, 0.1) is 11.8 Å². The number of anilines is 1. The van der Waals surface area contributed by atoms with Crippen LogP contribution >= 0.6 is 0 Å². The van der Waals surface area contributed by atoms with Crippen molar-refractivity contribution >= 4 is 17.7 Å². The lowest BCUT2D eigenvalue weighted by Gasteiger charge is -2.34. The number of aromatic carboxylic acids is 1. The van der Waals surface area contributed by atoms with E-state index in [4.69, 9.17) is 5.11 Å². The smallest absolute Gasteiger partial charge is 0.354 e. The van der Waals surface area contributed by atoms with Crippen LogP contribution in [0.2, 0.25) is 0 Å². The first-order valence-electron chi connectivity index (χ1n) is 7.24. The molecule has 6 heteroatoms. The lowest BCUT2D eigenvalue weighted by Crippen LogP contribution is -2.45. The van der Waals surface area contributed by atoms with E-state index in [2.05, 4.69) is 29.5 Å². The molecule has 2 rings (SSSR count). The second kappa shape index (κ2) is 6.56. The number of urea groups is 1. The van der Waals surface area contributed by atoms with Crippen molar-refractivity contribution < 1.29 is 14.7 Å². The summed E-state index contributed by atoms with van der Waals surface area (Å²) in [6.07, 6.45) is 4.68. The van der Waals surface area contributed by atoms with E-state index in [1.54, 1.807) is 0 Å². The van der Waals surface area contributed by atoms with Gasteiger partial charge in [0.1, 0.15) is 5.69 Å². The molecule has 6 nitrogen and oxygen atoms in total. The normalized spacial score (nSPS) is 25.1. The van der Waals surface area contributed by atoms with Gasteiger partial charge in [-0.15, -0.1) is 0 Å². The van der Waals surface area contributed by atoms with E-state index in [1.807, 2.05) is 0 Å². The van der Waals surface area contributed by atoms with Crippen LogP contribution in [0.15, 0.2) is 18.3 Å². The molecular formula is C15H21N3O3. The standard InChI is InChI=1S/C15H21N3O3/c1-9-4-3-5-12(10(9)2)18-15(21)17-11-6-7-13(14(19)20)16-8-11/h6-10,12H,3-5H2,1-2H3,(H,19,20)(H2,17,18,21). The minimum atomic E-state index is -1.09. The first kappa shape index (κ1) is 15.3. The summed E-state index contributed by atoms with van der Waals surface area (Å²) in [5.41, 5.74) is 0.435. The van der Waals surface area contributed by atoms with Crippen molar-refractivity contribution in [1.29, 1.82) is 0 Å². The number of nitrogens with one attached hydrogen (secondary N) is 2. The highest BCUT2D eigenvalue weighted by Crippen LogP contribution is 2.29. The largest absolute Gasteiger partial charge is 0.477 e. The van der Waals surface area contributed by atoms with Crippen LogP contribution in [0.25, 0.3) is 0 Å². The van der Waals surface area contributed by atoms with E-state index < -0.39 is 5.97 Å². The van der Waals surface area contributed by atoms with Crippen LogP contribution in [-0.4, -0.2) is 28.1 Å². The number of amides is 2. The van der Waals surface area contributed by atoms with Crippen LogP contribution in [0.1, 0.15) is 43.6 Å². The minimum absolute atomic E-state index is 0.0457. The average molecular weight is 291 g/mol. The molecule has 1 heterocycles. The van der Waals surface area contributed by atoms with Crippen molar-refractivity contribution in [3.63, 3.8) is 0 Å². The Bertz CT molecular complexity index is 515. The number of carbonyl (C=O) groups excluding carboxylic acids is 1. The molecule has 3 N–H and O–H groups in total. The summed E-state index contributed by atoms with van der Waals surface area (Å²) in [7, 11) is 0. The molecule has 0 radical (unpaired) electrons. The average Bonchev–Trinajstić information content (AvgIpc) is 2.44. The lowest BCUT2D eigenvalue weighted by molar-refractivity contribution is 0.0690. The SMILES string of the molecule is CC1CCCC(NC(=O)Nc2ccc(C(=O)O)nc2)C1C. The van der Waals surface area contributed by atoms with Gasteiger partial charge in [0.25, 0.3) is 0 Å². The maximum Gasteiger partial charge on any atom is 0.354 e. The van der Waals surface area contributed by atoms with E-state index in [-0.39, 0.29) is 17.8 Å². The Morgan fingerprint density at radius 2 is 2.05 bits per heavy atom. The van der Waals surface area contributed by atoms with Gasteiger partial charge in [0, 0.05) is 6.04 Å². The van der Waals surface area contributed by atoms with Gasteiger partial charge in [-0.05, 0) is 30.4 Å². The van der Waals surface area contributed by atoms with Crippen molar-refractivity contribution in [2.45, 2.75) is 39.2 Å². The molecule has 1 saturated carbocycles. The third-order valence-electron chi connectivity index (χ3n) is 4.26. The van der Waals surface area contributed by atoms with Crippen molar-refractivity contribution in [3.8, 4) is 0 Å². The molecule has 1 aliphatic carbocycles. The van der Waals surface area contributed by atoms with Crippen LogP contribution in [0.3, 0.4) is 0 Å². The fourth-order valence-corrected chi connectivity index (χ4v) is 2.72. The predicted octanol–water partition coefficient (Wildman–Crippen LogP) is 2.73. The first-order valence-corrected chi connectivity index (χ1v) is 7.24. The summed E-state index contributed by atoms with van der Waals surface area (Å²) >= 11 is 0. The molecule has 0 bridgehead atoms. The highest BCUT2D eigenvalue weighted by molar-refractivity contribution is 5.90. The van der Waals surface area contributed by atoms with Gasteiger partial charge in [-0.25, -0.2) is 14.6 Å². The molecule has 0 saturated heterocycles. The first-order chi connectivity index (χ1) is 9.97. The second-order valence-electron chi connectivity index (χ2n) is 5.71. The summed E-state index contributed by atoms with van der Waals surface area (Å²) in [4.78, 5) is 26.5. The number of aromatic nitrogens is 1. The summed E-state index contributed by atoms with van der Waals surface area (Å²) in [6, 6.07) is 2.80. The number of carboxylic acids is 1. The zero-order valence-corrected chi connectivity index (χ0v) is 12.3. The van der Waals surface area contributed by atoms with Crippen molar-refractivity contribution in [2.24, 2.45) is 11.8 Å². The highest BCUT2D eigenvalue weighted by atomic mass is 16.4. The zero-order valence-electron chi connectivity index (χ0n) is 12.3. The number of carboxylic acid groups (broad SMARTS) is 1. The Labute approximate surface area is 124 Å². The molecule has 1 fully saturated rings. The fourth-order valence-electron chi connectivity index (χ4n) is 2.72. The monoisotopic (exact) mass is 291 g/mol. The number of hydrogen-bond acceptors (Lipinski definition) is 3. The molecule has 114 valence electrons. The molecule has 21 heavy (non-hydrogen) atoms. The van der Waals surface area contributed by atoms with Crippen LogP contribution < -0.4 is 10.6 Å². The summed E-state index contributed by atoms with van der Waals surface area (Å²) in [5.74, 6) is -0.0198. The Morgan fingerprint density at radius 3 is 2.67 bits per heavy atom. The molecule has 3 atom stereocenters. The third-order valence-corrected chi connectivity index (χ3v) is 4.26. The van der Waals surface area contributed by atoms with E-state index in [9.17, 15) is 9.59 Å². The minimum Gasteiger partial charge on any atom is -0.477 e. The second-order valence-corrected chi connectivity index (χ2v) is 5.71. The Hall–Kier alpha value is -2.11. The molecule has 0 aliphatic heterocycles. The topological polar surface area (TPSA) is 91.3 Å². The molecular weight excluding hydrogens is 270 g/mol. The van der Waals surface area contributed by atoms with E-state index in [0.717, 1.165) is 12.8 Å². The molecule has 0 aromatic carbocycles. The van der Waals surface area contributed by atoms with Gasteiger partial charge in [-0.2, -0.15) is 0 Å². The summed E-state index contributed by atoms with van der Waals surface area (Å²) in [5, 5.41) is 14.4. The van der Waals surface area contributed by atoms with Gasteiger partial charge >= 0.3 is 12.0 Å². The number of nitrogens with zero attached hydrogens (tertiary/aromatic N) is 1. The van der Waals surface area contributed by atoms with Gasteiger partial charge < -0.3 is 15.7 Å². The highest BCUT2D eigenvalue weighted by Gasteiger charge is 2.28. The maximum atomic E-state index is 12.0. The van der Waals surface area contributed by atoms with Crippen LogP contribution in [-0.2, 0) is 0 Å².